The normalized spacial score (nSPS) is 16.6. The van der Waals surface area contributed by atoms with Crippen molar-refractivity contribution in [2.45, 2.75) is 6.54 Å². The van der Waals surface area contributed by atoms with Crippen LogP contribution in [0.5, 0.6) is 0 Å². The number of nitrogens with two attached hydrogens (primary N) is 2. The fraction of sp³-hybridized carbons (Fsp3) is 0.417. The first-order valence-corrected chi connectivity index (χ1v) is 6.01. The second-order valence-electron chi connectivity index (χ2n) is 4.59. The lowest BCUT2D eigenvalue weighted by Gasteiger charge is -2.33. The van der Waals surface area contributed by atoms with E-state index in [-0.39, 0.29) is 11.4 Å². The van der Waals surface area contributed by atoms with Crippen molar-refractivity contribution in [2.75, 3.05) is 37.6 Å². The van der Waals surface area contributed by atoms with E-state index in [1.54, 1.807) is 12.1 Å². The van der Waals surface area contributed by atoms with Crippen LogP contribution >= 0.6 is 0 Å². The summed E-state index contributed by atoms with van der Waals surface area (Å²) in [7, 11) is 0. The summed E-state index contributed by atoms with van der Waals surface area (Å²) < 4.78 is 13.9. The summed E-state index contributed by atoms with van der Waals surface area (Å²) in [6, 6.07) is 3.20. The highest BCUT2D eigenvalue weighted by atomic mass is 19.1. The van der Waals surface area contributed by atoms with Crippen molar-refractivity contribution in [2.24, 2.45) is 0 Å². The quantitative estimate of drug-likeness (QED) is 0.689. The third kappa shape index (κ3) is 2.87. The lowest BCUT2D eigenvalue weighted by atomic mass is 10.1. The molecule has 1 aliphatic rings. The number of benzene rings is 1. The molecule has 0 spiro atoms. The van der Waals surface area contributed by atoms with E-state index in [0.29, 0.717) is 38.3 Å². The van der Waals surface area contributed by atoms with Gasteiger partial charge in [-0.2, -0.15) is 0 Å². The van der Waals surface area contributed by atoms with E-state index in [9.17, 15) is 9.18 Å². The molecule has 0 aromatic heterocycles. The van der Waals surface area contributed by atoms with Crippen molar-refractivity contribution in [1.82, 2.24) is 9.80 Å². The lowest BCUT2D eigenvalue weighted by Crippen LogP contribution is -2.47. The summed E-state index contributed by atoms with van der Waals surface area (Å²) in [5.41, 5.74) is 11.8. The van der Waals surface area contributed by atoms with E-state index in [1.807, 2.05) is 4.90 Å². The highest BCUT2D eigenvalue weighted by molar-refractivity contribution is 5.65. The minimum absolute atomic E-state index is 0.0262. The van der Waals surface area contributed by atoms with Crippen LogP contribution in [0, 0.1) is 5.82 Å². The topological polar surface area (TPSA) is 95.8 Å². The summed E-state index contributed by atoms with van der Waals surface area (Å²) in [6.07, 6.45) is -0.914. The van der Waals surface area contributed by atoms with Crippen LogP contribution in [0.2, 0.25) is 0 Å². The van der Waals surface area contributed by atoms with Crippen molar-refractivity contribution in [3.05, 3.63) is 23.5 Å². The molecule has 6 nitrogen and oxygen atoms in total. The smallest absolute Gasteiger partial charge is 0.407 e. The van der Waals surface area contributed by atoms with E-state index in [0.717, 1.165) is 0 Å². The Balaban J connectivity index is 2.00. The van der Waals surface area contributed by atoms with E-state index in [1.165, 1.54) is 4.90 Å². The zero-order valence-electron chi connectivity index (χ0n) is 10.5. The van der Waals surface area contributed by atoms with Gasteiger partial charge in [0, 0.05) is 38.3 Å². The molecule has 7 heteroatoms. The summed E-state index contributed by atoms with van der Waals surface area (Å²) in [6.45, 7) is 2.43. The van der Waals surface area contributed by atoms with Crippen molar-refractivity contribution < 1.29 is 14.3 Å². The standard InChI is InChI=1S/C12H17FN4O2/c13-10-8(1-2-9(14)11(10)15)7-16-3-5-17(6-4-16)12(18)19/h1-2H,3-7,14-15H2,(H,18,19). The molecule has 19 heavy (non-hydrogen) atoms. The van der Waals surface area contributed by atoms with Gasteiger partial charge in [0.2, 0.25) is 0 Å². The van der Waals surface area contributed by atoms with Gasteiger partial charge in [0.1, 0.15) is 0 Å². The second-order valence-corrected chi connectivity index (χ2v) is 4.59. The summed E-state index contributed by atoms with van der Waals surface area (Å²) in [4.78, 5) is 14.1. The highest BCUT2D eigenvalue weighted by Gasteiger charge is 2.21. The molecule has 1 fully saturated rings. The van der Waals surface area contributed by atoms with E-state index < -0.39 is 11.9 Å². The average Bonchev–Trinajstić information content (AvgIpc) is 2.40. The number of hydrogen-bond donors (Lipinski definition) is 3. The van der Waals surface area contributed by atoms with Crippen LogP contribution in [0.4, 0.5) is 20.6 Å². The molecule has 1 saturated heterocycles. The molecule has 0 bridgehead atoms. The molecule has 1 aromatic rings. The molecule has 0 radical (unpaired) electrons. The minimum Gasteiger partial charge on any atom is -0.465 e. The van der Waals surface area contributed by atoms with Crippen LogP contribution in [0.25, 0.3) is 0 Å². The molecule has 0 atom stereocenters. The lowest BCUT2D eigenvalue weighted by molar-refractivity contribution is 0.102. The number of rotatable bonds is 2. The molecule has 0 saturated carbocycles. The molecular weight excluding hydrogens is 251 g/mol. The van der Waals surface area contributed by atoms with Crippen molar-refractivity contribution in [1.29, 1.82) is 0 Å². The predicted octanol–water partition coefficient (Wildman–Crippen LogP) is 0.786. The molecule has 1 heterocycles. The zero-order chi connectivity index (χ0) is 14.0. The summed E-state index contributed by atoms with van der Waals surface area (Å²) in [5, 5.41) is 8.84. The first-order chi connectivity index (χ1) is 8.99. The maximum Gasteiger partial charge on any atom is 0.407 e. The number of amides is 1. The maximum atomic E-state index is 13.9. The number of nitrogens with zero attached hydrogens (tertiary/aromatic N) is 2. The van der Waals surface area contributed by atoms with Gasteiger partial charge >= 0.3 is 6.09 Å². The van der Waals surface area contributed by atoms with Crippen LogP contribution in [-0.2, 0) is 6.54 Å². The van der Waals surface area contributed by atoms with E-state index in [2.05, 4.69) is 0 Å². The van der Waals surface area contributed by atoms with Gasteiger partial charge in [0.25, 0.3) is 0 Å². The third-order valence-electron chi connectivity index (χ3n) is 3.33. The Hall–Kier alpha value is -2.02. The Morgan fingerprint density at radius 3 is 2.47 bits per heavy atom. The maximum absolute atomic E-state index is 13.9. The van der Waals surface area contributed by atoms with Gasteiger partial charge in [-0.05, 0) is 6.07 Å². The van der Waals surface area contributed by atoms with Crippen LogP contribution in [0.3, 0.4) is 0 Å². The average molecular weight is 268 g/mol. The molecule has 1 aromatic carbocycles. The molecule has 2 rings (SSSR count). The Morgan fingerprint density at radius 2 is 1.89 bits per heavy atom. The number of anilines is 2. The molecule has 0 unspecified atom stereocenters. The Labute approximate surface area is 110 Å². The molecule has 1 amide bonds. The van der Waals surface area contributed by atoms with E-state index >= 15 is 0 Å². The monoisotopic (exact) mass is 268 g/mol. The first kappa shape index (κ1) is 13.4. The van der Waals surface area contributed by atoms with Gasteiger partial charge in [0.05, 0.1) is 11.4 Å². The Bertz CT molecular complexity index is 487. The third-order valence-corrected chi connectivity index (χ3v) is 3.33. The van der Waals surface area contributed by atoms with Crippen LogP contribution < -0.4 is 11.5 Å². The van der Waals surface area contributed by atoms with Crippen LogP contribution in [0.1, 0.15) is 5.56 Å². The van der Waals surface area contributed by atoms with Gasteiger partial charge in [-0.3, -0.25) is 4.90 Å². The number of halogens is 1. The summed E-state index contributed by atoms with van der Waals surface area (Å²) in [5.74, 6) is -0.485. The summed E-state index contributed by atoms with van der Waals surface area (Å²) >= 11 is 0. The van der Waals surface area contributed by atoms with Gasteiger partial charge < -0.3 is 21.5 Å². The predicted molar refractivity (Wildman–Crippen MR) is 70.1 cm³/mol. The fourth-order valence-electron chi connectivity index (χ4n) is 2.11. The van der Waals surface area contributed by atoms with Gasteiger partial charge in [-0.1, -0.05) is 6.07 Å². The first-order valence-electron chi connectivity index (χ1n) is 6.01. The number of piperazine rings is 1. The number of hydrogen-bond acceptors (Lipinski definition) is 4. The van der Waals surface area contributed by atoms with Crippen molar-refractivity contribution in [3.8, 4) is 0 Å². The van der Waals surface area contributed by atoms with Crippen LogP contribution in [0.15, 0.2) is 12.1 Å². The van der Waals surface area contributed by atoms with Gasteiger partial charge in [-0.15, -0.1) is 0 Å². The number of nitrogen functional groups attached to an aromatic ring is 2. The largest absolute Gasteiger partial charge is 0.465 e. The molecule has 0 aliphatic carbocycles. The SMILES string of the molecule is Nc1ccc(CN2CCN(C(=O)O)CC2)c(F)c1N. The Kier molecular flexibility index (Phi) is 3.75. The van der Waals surface area contributed by atoms with Crippen molar-refractivity contribution in [3.63, 3.8) is 0 Å². The zero-order valence-corrected chi connectivity index (χ0v) is 10.5. The van der Waals surface area contributed by atoms with Crippen LogP contribution in [-0.4, -0.2) is 47.2 Å². The van der Waals surface area contributed by atoms with E-state index in [4.69, 9.17) is 16.6 Å². The second kappa shape index (κ2) is 5.31. The molecule has 1 aliphatic heterocycles. The molecular formula is C12H17FN4O2. The number of carbonyl (C=O) groups is 1. The van der Waals surface area contributed by atoms with Crippen molar-refractivity contribution >= 4 is 17.5 Å². The minimum atomic E-state index is -0.914. The van der Waals surface area contributed by atoms with Gasteiger partial charge in [-0.25, -0.2) is 9.18 Å². The number of carboxylic acid groups (broad SMARTS) is 1. The Morgan fingerprint density at radius 1 is 1.26 bits per heavy atom. The molecule has 5 N–H and O–H groups in total. The highest BCUT2D eigenvalue weighted by Crippen LogP contribution is 2.23. The van der Waals surface area contributed by atoms with Gasteiger partial charge in [0.15, 0.2) is 5.82 Å². The fourth-order valence-corrected chi connectivity index (χ4v) is 2.11. The molecule has 104 valence electrons.